The van der Waals surface area contributed by atoms with Gasteiger partial charge in [-0.25, -0.2) is 0 Å². The van der Waals surface area contributed by atoms with Crippen LogP contribution in [0.5, 0.6) is 0 Å². The van der Waals surface area contributed by atoms with Crippen LogP contribution in [0.3, 0.4) is 0 Å². The lowest BCUT2D eigenvalue weighted by Gasteiger charge is -2.07. The second-order valence-electron chi connectivity index (χ2n) is 2.89. The maximum absolute atomic E-state index is 5.82. The van der Waals surface area contributed by atoms with E-state index in [-0.39, 0.29) is 6.04 Å². The van der Waals surface area contributed by atoms with E-state index in [9.17, 15) is 0 Å². The molecule has 0 aliphatic heterocycles. The van der Waals surface area contributed by atoms with E-state index in [2.05, 4.69) is 11.6 Å². The molecule has 0 aromatic carbocycles. The number of aromatic nitrogens is 1. The van der Waals surface area contributed by atoms with Crippen LogP contribution in [0.15, 0.2) is 31.0 Å². The second kappa shape index (κ2) is 4.02. The van der Waals surface area contributed by atoms with Gasteiger partial charge in [0.2, 0.25) is 0 Å². The Morgan fingerprint density at radius 3 is 2.92 bits per heavy atom. The van der Waals surface area contributed by atoms with Gasteiger partial charge in [-0.1, -0.05) is 12.1 Å². The molecule has 1 aromatic heterocycles. The van der Waals surface area contributed by atoms with E-state index < -0.39 is 0 Å². The van der Waals surface area contributed by atoms with Crippen LogP contribution in [0.2, 0.25) is 0 Å². The molecule has 0 radical (unpaired) electrons. The van der Waals surface area contributed by atoms with Crippen molar-refractivity contribution in [1.82, 2.24) is 4.98 Å². The normalized spacial score (nSPS) is 12.5. The minimum atomic E-state index is -0.0110. The van der Waals surface area contributed by atoms with Gasteiger partial charge in [0.25, 0.3) is 0 Å². The molecule has 0 amide bonds. The van der Waals surface area contributed by atoms with E-state index in [1.807, 2.05) is 31.3 Å². The molecule has 0 saturated heterocycles. The van der Waals surface area contributed by atoms with E-state index in [0.29, 0.717) is 0 Å². The molecule has 1 aromatic rings. The Labute approximate surface area is 73.1 Å². The van der Waals surface area contributed by atoms with Gasteiger partial charge in [-0.3, -0.25) is 4.98 Å². The van der Waals surface area contributed by atoms with Crippen LogP contribution >= 0.6 is 0 Å². The summed E-state index contributed by atoms with van der Waals surface area (Å²) in [6.45, 7) is 5.65. The molecule has 12 heavy (non-hydrogen) atoms. The quantitative estimate of drug-likeness (QED) is 0.690. The average molecular weight is 162 g/mol. The van der Waals surface area contributed by atoms with Crippen molar-refractivity contribution in [3.63, 3.8) is 0 Å². The van der Waals surface area contributed by atoms with Crippen LogP contribution in [0, 0.1) is 6.92 Å². The van der Waals surface area contributed by atoms with E-state index in [0.717, 1.165) is 17.7 Å². The lowest BCUT2D eigenvalue weighted by Crippen LogP contribution is -2.10. The molecule has 0 fully saturated rings. The van der Waals surface area contributed by atoms with Gasteiger partial charge in [-0.2, -0.15) is 0 Å². The molecule has 0 aliphatic rings. The van der Waals surface area contributed by atoms with Gasteiger partial charge in [0, 0.05) is 6.20 Å². The minimum Gasteiger partial charge on any atom is -0.322 e. The number of rotatable bonds is 3. The van der Waals surface area contributed by atoms with Crippen LogP contribution in [0.4, 0.5) is 0 Å². The highest BCUT2D eigenvalue weighted by molar-refractivity contribution is 5.15. The molecular formula is C10H14N2. The zero-order valence-corrected chi connectivity index (χ0v) is 7.33. The van der Waals surface area contributed by atoms with Crippen molar-refractivity contribution in [3.8, 4) is 0 Å². The van der Waals surface area contributed by atoms with E-state index in [1.165, 1.54) is 0 Å². The van der Waals surface area contributed by atoms with Gasteiger partial charge in [-0.05, 0) is 25.0 Å². The van der Waals surface area contributed by atoms with E-state index >= 15 is 0 Å². The van der Waals surface area contributed by atoms with Gasteiger partial charge in [0.1, 0.15) is 0 Å². The number of hydrogen-bond donors (Lipinski definition) is 1. The molecule has 2 heteroatoms. The molecule has 0 bridgehead atoms. The first-order chi connectivity index (χ1) is 5.74. The summed E-state index contributed by atoms with van der Waals surface area (Å²) in [5.74, 6) is 0. The number of hydrogen-bond acceptors (Lipinski definition) is 2. The van der Waals surface area contributed by atoms with E-state index in [1.54, 1.807) is 0 Å². The Morgan fingerprint density at radius 1 is 1.67 bits per heavy atom. The monoisotopic (exact) mass is 162 g/mol. The molecule has 2 nitrogen and oxygen atoms in total. The zero-order chi connectivity index (χ0) is 8.97. The molecule has 0 spiro atoms. The lowest BCUT2D eigenvalue weighted by atomic mass is 10.1. The van der Waals surface area contributed by atoms with E-state index in [4.69, 9.17) is 5.73 Å². The van der Waals surface area contributed by atoms with Gasteiger partial charge >= 0.3 is 0 Å². The summed E-state index contributed by atoms with van der Waals surface area (Å²) in [5.41, 5.74) is 7.91. The Morgan fingerprint density at radius 2 is 2.42 bits per heavy atom. The molecule has 0 aliphatic carbocycles. The van der Waals surface area contributed by atoms with Crippen molar-refractivity contribution >= 4 is 0 Å². The summed E-state index contributed by atoms with van der Waals surface area (Å²) < 4.78 is 0. The average Bonchev–Trinajstić information content (AvgIpc) is 2.06. The van der Waals surface area contributed by atoms with Gasteiger partial charge in [0.05, 0.1) is 11.7 Å². The second-order valence-corrected chi connectivity index (χ2v) is 2.89. The third kappa shape index (κ3) is 2.17. The summed E-state index contributed by atoms with van der Waals surface area (Å²) in [7, 11) is 0. The first kappa shape index (κ1) is 8.94. The van der Waals surface area contributed by atoms with Crippen LogP contribution < -0.4 is 5.73 Å². The number of nitrogens with zero attached hydrogens (tertiary/aromatic N) is 1. The molecular weight excluding hydrogens is 148 g/mol. The SMILES string of the molecule is C=CC[C@H](N)c1ccc(C)cn1. The Hall–Kier alpha value is -1.15. The summed E-state index contributed by atoms with van der Waals surface area (Å²) in [6.07, 6.45) is 4.42. The topological polar surface area (TPSA) is 38.9 Å². The van der Waals surface area contributed by atoms with Gasteiger partial charge in [-0.15, -0.1) is 6.58 Å². The largest absolute Gasteiger partial charge is 0.322 e. The Kier molecular flexibility index (Phi) is 3.00. The number of aryl methyl sites for hydroxylation is 1. The molecule has 2 N–H and O–H groups in total. The minimum absolute atomic E-state index is 0.0110. The predicted octanol–water partition coefficient (Wildman–Crippen LogP) is 1.97. The van der Waals surface area contributed by atoms with Crippen molar-refractivity contribution < 1.29 is 0 Å². The molecule has 0 saturated carbocycles. The lowest BCUT2D eigenvalue weighted by molar-refractivity contribution is 0.713. The third-order valence-electron chi connectivity index (χ3n) is 1.73. The first-order valence-corrected chi connectivity index (χ1v) is 4.03. The number of nitrogens with two attached hydrogens (primary N) is 1. The van der Waals surface area contributed by atoms with Crippen LogP contribution in [-0.4, -0.2) is 4.98 Å². The molecule has 1 atom stereocenters. The summed E-state index contributed by atoms with van der Waals surface area (Å²) in [4.78, 5) is 4.22. The van der Waals surface area contributed by atoms with Crippen LogP contribution in [-0.2, 0) is 0 Å². The summed E-state index contributed by atoms with van der Waals surface area (Å²) in [5, 5.41) is 0. The molecule has 1 rings (SSSR count). The maximum Gasteiger partial charge on any atom is 0.0574 e. The fourth-order valence-corrected chi connectivity index (χ4v) is 0.999. The number of pyridine rings is 1. The van der Waals surface area contributed by atoms with Gasteiger partial charge in [0.15, 0.2) is 0 Å². The fourth-order valence-electron chi connectivity index (χ4n) is 0.999. The van der Waals surface area contributed by atoms with Crippen molar-refractivity contribution in [2.75, 3.05) is 0 Å². The van der Waals surface area contributed by atoms with Crippen molar-refractivity contribution in [3.05, 3.63) is 42.2 Å². The third-order valence-corrected chi connectivity index (χ3v) is 1.73. The predicted molar refractivity (Wildman–Crippen MR) is 50.7 cm³/mol. The fraction of sp³-hybridized carbons (Fsp3) is 0.300. The molecule has 64 valence electrons. The standard InChI is InChI=1S/C10H14N2/c1-3-4-9(11)10-6-5-8(2)7-12-10/h3,5-7,9H,1,4,11H2,2H3/t9-/m0/s1. The highest BCUT2D eigenvalue weighted by atomic mass is 14.8. The van der Waals surface area contributed by atoms with Crippen LogP contribution in [0.25, 0.3) is 0 Å². The smallest absolute Gasteiger partial charge is 0.0574 e. The Bertz CT molecular complexity index is 251. The first-order valence-electron chi connectivity index (χ1n) is 4.03. The van der Waals surface area contributed by atoms with Crippen molar-refractivity contribution in [1.29, 1.82) is 0 Å². The van der Waals surface area contributed by atoms with Crippen LogP contribution in [0.1, 0.15) is 23.7 Å². The van der Waals surface area contributed by atoms with Gasteiger partial charge < -0.3 is 5.73 Å². The Balaban J connectivity index is 2.74. The highest BCUT2D eigenvalue weighted by Crippen LogP contribution is 2.11. The van der Waals surface area contributed by atoms with Crippen molar-refractivity contribution in [2.45, 2.75) is 19.4 Å². The van der Waals surface area contributed by atoms with Crippen molar-refractivity contribution in [2.24, 2.45) is 5.73 Å². The summed E-state index contributed by atoms with van der Waals surface area (Å²) in [6, 6.07) is 3.97. The zero-order valence-electron chi connectivity index (χ0n) is 7.33. The highest BCUT2D eigenvalue weighted by Gasteiger charge is 2.03. The summed E-state index contributed by atoms with van der Waals surface area (Å²) >= 11 is 0. The molecule has 1 heterocycles. The maximum atomic E-state index is 5.82. The molecule has 0 unspecified atom stereocenters.